The molecule has 102 valence electrons. The molecular formula is C15H20N2O2. The lowest BCUT2D eigenvalue weighted by molar-refractivity contribution is -0.128. The van der Waals surface area contributed by atoms with Crippen LogP contribution in [0, 0.1) is 0 Å². The third-order valence-electron chi connectivity index (χ3n) is 4.03. The Morgan fingerprint density at radius 1 is 1.42 bits per heavy atom. The molecule has 2 aliphatic heterocycles. The maximum absolute atomic E-state index is 12.3. The zero-order chi connectivity index (χ0) is 13.2. The molecule has 2 heterocycles. The number of amides is 1. The Morgan fingerprint density at radius 3 is 3.05 bits per heavy atom. The first-order valence-electron chi connectivity index (χ1n) is 7.02. The lowest BCUT2D eigenvalue weighted by atomic mass is 9.99. The molecule has 2 aliphatic rings. The number of carbonyl (C=O) groups excluding carboxylic acids is 1. The van der Waals surface area contributed by atoms with Gasteiger partial charge < -0.3 is 15.4 Å². The van der Waals surface area contributed by atoms with Crippen LogP contribution in [0.1, 0.15) is 25.3 Å². The Balaban J connectivity index is 1.60. The number of hydrogen-bond acceptors (Lipinski definition) is 3. The van der Waals surface area contributed by atoms with E-state index in [0.717, 1.165) is 30.7 Å². The first-order valence-corrected chi connectivity index (χ1v) is 7.02. The van der Waals surface area contributed by atoms with Crippen molar-refractivity contribution >= 4 is 5.91 Å². The van der Waals surface area contributed by atoms with Crippen molar-refractivity contribution in [1.29, 1.82) is 0 Å². The quantitative estimate of drug-likeness (QED) is 0.841. The minimum absolute atomic E-state index is 0.0109. The van der Waals surface area contributed by atoms with Crippen LogP contribution in [0.4, 0.5) is 0 Å². The minimum atomic E-state index is -0.369. The van der Waals surface area contributed by atoms with Gasteiger partial charge in [-0.3, -0.25) is 4.79 Å². The molecule has 0 radical (unpaired) electrons. The monoisotopic (exact) mass is 260 g/mol. The van der Waals surface area contributed by atoms with Gasteiger partial charge in [0.05, 0.1) is 0 Å². The van der Waals surface area contributed by atoms with Crippen LogP contribution in [0.2, 0.25) is 0 Å². The van der Waals surface area contributed by atoms with Crippen LogP contribution in [-0.2, 0) is 11.2 Å². The summed E-state index contributed by atoms with van der Waals surface area (Å²) < 4.78 is 5.71. The summed E-state index contributed by atoms with van der Waals surface area (Å²) in [6.45, 7) is 3.16. The molecule has 0 spiro atoms. The summed E-state index contributed by atoms with van der Waals surface area (Å²) in [4.78, 5) is 12.3. The molecular weight excluding hydrogens is 240 g/mol. The Bertz CT molecular complexity index is 450. The normalized spacial score (nSPS) is 29.4. The molecule has 1 amide bonds. The summed E-state index contributed by atoms with van der Waals surface area (Å²) in [5.74, 6) is 0.856. The van der Waals surface area contributed by atoms with Crippen molar-refractivity contribution in [3.8, 4) is 5.75 Å². The van der Waals surface area contributed by atoms with E-state index in [4.69, 9.17) is 4.74 Å². The maximum Gasteiger partial charge on any atom is 0.261 e. The van der Waals surface area contributed by atoms with Crippen molar-refractivity contribution in [3.63, 3.8) is 0 Å². The predicted molar refractivity (Wildman–Crippen MR) is 73.2 cm³/mol. The molecule has 1 aromatic carbocycles. The largest absolute Gasteiger partial charge is 0.480 e. The van der Waals surface area contributed by atoms with Gasteiger partial charge in [-0.15, -0.1) is 0 Å². The summed E-state index contributed by atoms with van der Waals surface area (Å²) in [5, 5.41) is 6.51. The van der Waals surface area contributed by atoms with Gasteiger partial charge in [-0.2, -0.15) is 0 Å². The molecule has 0 aliphatic carbocycles. The minimum Gasteiger partial charge on any atom is -0.480 e. The number of carbonyl (C=O) groups is 1. The lowest BCUT2D eigenvalue weighted by Crippen LogP contribution is -2.54. The highest BCUT2D eigenvalue weighted by Gasteiger charge is 2.31. The van der Waals surface area contributed by atoms with Crippen LogP contribution in [0.25, 0.3) is 0 Å². The Kier molecular flexibility index (Phi) is 3.42. The highest BCUT2D eigenvalue weighted by Crippen LogP contribution is 2.28. The highest BCUT2D eigenvalue weighted by atomic mass is 16.5. The summed E-state index contributed by atoms with van der Waals surface area (Å²) in [6.07, 6.45) is 2.46. The van der Waals surface area contributed by atoms with E-state index in [1.165, 1.54) is 0 Å². The Hall–Kier alpha value is -1.55. The molecule has 3 rings (SSSR count). The van der Waals surface area contributed by atoms with Crippen LogP contribution >= 0.6 is 0 Å². The van der Waals surface area contributed by atoms with Gasteiger partial charge in [0.2, 0.25) is 0 Å². The van der Waals surface area contributed by atoms with E-state index in [1.807, 2.05) is 24.3 Å². The molecule has 0 aromatic heterocycles. The van der Waals surface area contributed by atoms with Crippen molar-refractivity contribution in [2.24, 2.45) is 0 Å². The van der Waals surface area contributed by atoms with Crippen molar-refractivity contribution in [2.75, 3.05) is 6.54 Å². The standard InChI is InChI=1S/C15H20N2O2/c1-10-12(6-4-8-16-10)17-15(18)14-9-11-5-2-3-7-13(11)19-14/h2-3,5,7,10,12,14,16H,4,6,8-9H2,1H3,(H,17,18). The number of nitrogens with one attached hydrogen (secondary N) is 2. The van der Waals surface area contributed by atoms with E-state index < -0.39 is 0 Å². The van der Waals surface area contributed by atoms with Crippen molar-refractivity contribution < 1.29 is 9.53 Å². The Morgan fingerprint density at radius 2 is 2.26 bits per heavy atom. The Labute approximate surface area is 113 Å². The number of fused-ring (bicyclic) bond motifs is 1. The summed E-state index contributed by atoms with van der Waals surface area (Å²) in [7, 11) is 0. The average molecular weight is 260 g/mol. The number of ether oxygens (including phenoxy) is 1. The second-order valence-corrected chi connectivity index (χ2v) is 5.42. The number of rotatable bonds is 2. The average Bonchev–Trinajstić information content (AvgIpc) is 2.85. The lowest BCUT2D eigenvalue weighted by Gasteiger charge is -2.31. The van der Waals surface area contributed by atoms with E-state index in [-0.39, 0.29) is 18.1 Å². The first-order chi connectivity index (χ1) is 9.24. The first kappa shape index (κ1) is 12.5. The third-order valence-corrected chi connectivity index (χ3v) is 4.03. The van der Waals surface area contributed by atoms with Crippen molar-refractivity contribution in [2.45, 2.75) is 44.4 Å². The molecule has 1 aromatic rings. The summed E-state index contributed by atoms with van der Waals surface area (Å²) in [5.41, 5.74) is 1.12. The maximum atomic E-state index is 12.3. The predicted octanol–water partition coefficient (Wildman–Crippen LogP) is 1.25. The number of para-hydroxylation sites is 1. The molecule has 2 N–H and O–H groups in total. The molecule has 0 bridgehead atoms. The number of hydrogen-bond donors (Lipinski definition) is 2. The molecule has 0 saturated carbocycles. The van der Waals surface area contributed by atoms with Gasteiger partial charge in [0.15, 0.2) is 6.10 Å². The molecule has 3 unspecified atom stereocenters. The highest BCUT2D eigenvalue weighted by molar-refractivity contribution is 5.82. The fourth-order valence-corrected chi connectivity index (χ4v) is 2.85. The zero-order valence-electron chi connectivity index (χ0n) is 11.2. The van der Waals surface area contributed by atoms with Gasteiger partial charge in [0.1, 0.15) is 5.75 Å². The van der Waals surface area contributed by atoms with Crippen LogP contribution in [0.5, 0.6) is 5.75 Å². The zero-order valence-corrected chi connectivity index (χ0v) is 11.2. The molecule has 19 heavy (non-hydrogen) atoms. The number of piperidine rings is 1. The fourth-order valence-electron chi connectivity index (χ4n) is 2.85. The SMILES string of the molecule is CC1NCCCC1NC(=O)C1Cc2ccccc2O1. The van der Waals surface area contributed by atoms with Crippen LogP contribution in [0.15, 0.2) is 24.3 Å². The van der Waals surface area contributed by atoms with Gasteiger partial charge in [-0.25, -0.2) is 0 Å². The molecule has 3 atom stereocenters. The smallest absolute Gasteiger partial charge is 0.261 e. The van der Waals surface area contributed by atoms with Crippen molar-refractivity contribution in [1.82, 2.24) is 10.6 Å². The van der Waals surface area contributed by atoms with Crippen molar-refractivity contribution in [3.05, 3.63) is 29.8 Å². The number of benzene rings is 1. The van der Waals surface area contributed by atoms with Crippen LogP contribution < -0.4 is 15.4 Å². The van der Waals surface area contributed by atoms with Gasteiger partial charge in [-0.1, -0.05) is 18.2 Å². The van der Waals surface area contributed by atoms with Crippen LogP contribution in [0.3, 0.4) is 0 Å². The fraction of sp³-hybridized carbons (Fsp3) is 0.533. The van der Waals surface area contributed by atoms with E-state index in [9.17, 15) is 4.79 Å². The molecule has 1 fully saturated rings. The molecule has 4 heteroatoms. The molecule has 4 nitrogen and oxygen atoms in total. The second kappa shape index (κ2) is 5.21. The van der Waals surface area contributed by atoms with E-state index in [0.29, 0.717) is 12.5 Å². The topological polar surface area (TPSA) is 50.4 Å². The molecule has 1 saturated heterocycles. The van der Waals surface area contributed by atoms with Gasteiger partial charge in [0, 0.05) is 18.5 Å². The van der Waals surface area contributed by atoms with Gasteiger partial charge >= 0.3 is 0 Å². The van der Waals surface area contributed by atoms with Crippen LogP contribution in [-0.4, -0.2) is 30.6 Å². The third kappa shape index (κ3) is 2.59. The summed E-state index contributed by atoms with van der Waals surface area (Å²) in [6, 6.07) is 8.41. The van der Waals surface area contributed by atoms with Gasteiger partial charge in [0.25, 0.3) is 5.91 Å². The van der Waals surface area contributed by atoms with E-state index in [1.54, 1.807) is 0 Å². The van der Waals surface area contributed by atoms with Gasteiger partial charge in [-0.05, 0) is 37.9 Å². The van der Waals surface area contributed by atoms with E-state index in [2.05, 4.69) is 17.6 Å². The van der Waals surface area contributed by atoms with E-state index >= 15 is 0 Å². The second-order valence-electron chi connectivity index (χ2n) is 5.42. The summed E-state index contributed by atoms with van der Waals surface area (Å²) >= 11 is 0.